The minimum atomic E-state index is -0.624. The Morgan fingerprint density at radius 3 is 2.79 bits per heavy atom. The molecule has 0 unspecified atom stereocenters. The molecule has 24 heavy (non-hydrogen) atoms. The van der Waals surface area contributed by atoms with Crippen LogP contribution in [0.25, 0.3) is 6.08 Å². The lowest BCUT2D eigenvalue weighted by Gasteiger charge is -2.14. The van der Waals surface area contributed by atoms with Crippen LogP contribution in [-0.4, -0.2) is 39.8 Å². The molecule has 2 amide bonds. The second-order valence-corrected chi connectivity index (χ2v) is 6.59. The van der Waals surface area contributed by atoms with Gasteiger partial charge in [-0.15, -0.1) is 0 Å². The number of esters is 1. The molecule has 1 heterocycles. The number of carbonyl (C=O) groups excluding carboxylic acids is 3. The number of carbonyl (C=O) groups is 3. The Balaban J connectivity index is 2.11. The fourth-order valence-electron chi connectivity index (χ4n) is 1.87. The number of hydrogen-bond acceptors (Lipinski definition) is 6. The molecule has 0 aliphatic carbocycles. The van der Waals surface area contributed by atoms with E-state index >= 15 is 0 Å². The van der Waals surface area contributed by atoms with Gasteiger partial charge in [-0.25, -0.2) is 0 Å². The van der Waals surface area contributed by atoms with E-state index in [2.05, 4.69) is 0 Å². The number of phenolic OH excluding ortho intramolecular Hbond substituents is 1. The Bertz CT molecular complexity index is 718. The lowest BCUT2D eigenvalue weighted by Crippen LogP contribution is -2.35. The van der Waals surface area contributed by atoms with E-state index in [1.165, 1.54) is 18.2 Å². The Morgan fingerprint density at radius 2 is 2.17 bits per heavy atom. The number of aromatic hydroxyl groups is 1. The van der Waals surface area contributed by atoms with Crippen LogP contribution in [0, 0.1) is 0 Å². The fraction of sp³-hybridized carbons (Fsp3) is 0.312. The third-order valence-corrected chi connectivity index (χ3v) is 4.55. The monoisotopic (exact) mass is 369 g/mol. The van der Waals surface area contributed by atoms with Gasteiger partial charge in [-0.05, 0) is 48.9 Å². The van der Waals surface area contributed by atoms with Crippen LogP contribution in [0.5, 0.6) is 5.75 Å². The summed E-state index contributed by atoms with van der Waals surface area (Å²) >= 11 is 6.55. The summed E-state index contributed by atoms with van der Waals surface area (Å²) < 4.78 is 5.08. The highest BCUT2D eigenvalue weighted by atomic mass is 35.5. The summed E-state index contributed by atoms with van der Waals surface area (Å²) in [6, 6.07) is 4.43. The molecule has 128 valence electrons. The Kier molecular flexibility index (Phi) is 5.90. The van der Waals surface area contributed by atoms with Gasteiger partial charge in [0.25, 0.3) is 11.1 Å². The second kappa shape index (κ2) is 7.72. The van der Waals surface area contributed by atoms with Crippen molar-refractivity contribution in [2.24, 2.45) is 0 Å². The van der Waals surface area contributed by atoms with Gasteiger partial charge in [-0.2, -0.15) is 0 Å². The molecule has 8 heteroatoms. The summed E-state index contributed by atoms with van der Waals surface area (Å²) in [7, 11) is 0. The van der Waals surface area contributed by atoms with E-state index in [9.17, 15) is 19.5 Å². The minimum absolute atomic E-state index is 0.0743. The highest BCUT2D eigenvalue weighted by molar-refractivity contribution is 8.18. The van der Waals surface area contributed by atoms with Crippen molar-refractivity contribution in [1.82, 2.24) is 4.90 Å². The molecule has 1 aliphatic heterocycles. The van der Waals surface area contributed by atoms with Gasteiger partial charge in [0.15, 0.2) is 0 Å². The van der Waals surface area contributed by atoms with E-state index in [-0.39, 0.29) is 21.8 Å². The van der Waals surface area contributed by atoms with Crippen molar-refractivity contribution in [1.29, 1.82) is 0 Å². The van der Waals surface area contributed by atoms with Crippen LogP contribution in [-0.2, 0) is 14.3 Å². The molecule has 2 rings (SSSR count). The molecule has 1 aromatic rings. The van der Waals surface area contributed by atoms with E-state index < -0.39 is 23.7 Å². The SMILES string of the molecule is CC[C@H](C)OC(=O)CN1C(=O)S/C(=C/c2ccc(O)c(Cl)c2)C1=O. The molecule has 6 nitrogen and oxygen atoms in total. The van der Waals surface area contributed by atoms with Crippen LogP contribution in [0.3, 0.4) is 0 Å². The Labute approximate surface area is 148 Å². The normalized spacial score (nSPS) is 17.5. The first-order valence-electron chi connectivity index (χ1n) is 7.25. The van der Waals surface area contributed by atoms with Crippen molar-refractivity contribution in [3.05, 3.63) is 33.7 Å². The van der Waals surface area contributed by atoms with E-state index in [0.29, 0.717) is 12.0 Å². The quantitative estimate of drug-likeness (QED) is 0.632. The zero-order chi connectivity index (χ0) is 17.9. The predicted molar refractivity (Wildman–Crippen MR) is 91.6 cm³/mol. The molecule has 0 aromatic heterocycles. The number of halogens is 1. The molecule has 0 spiro atoms. The summed E-state index contributed by atoms with van der Waals surface area (Å²) in [5.41, 5.74) is 0.561. The average Bonchev–Trinajstić information content (AvgIpc) is 2.78. The van der Waals surface area contributed by atoms with E-state index in [4.69, 9.17) is 16.3 Å². The van der Waals surface area contributed by atoms with Crippen molar-refractivity contribution in [2.45, 2.75) is 26.4 Å². The first-order chi connectivity index (χ1) is 11.3. The Hall–Kier alpha value is -1.99. The van der Waals surface area contributed by atoms with Crippen LogP contribution < -0.4 is 0 Å². The first kappa shape index (κ1) is 18.4. The lowest BCUT2D eigenvalue weighted by atomic mass is 10.2. The van der Waals surface area contributed by atoms with Crippen LogP contribution in [0.1, 0.15) is 25.8 Å². The number of ether oxygens (including phenoxy) is 1. The number of thioether (sulfide) groups is 1. The van der Waals surface area contributed by atoms with Gasteiger partial charge in [0.1, 0.15) is 12.3 Å². The van der Waals surface area contributed by atoms with E-state index in [0.717, 1.165) is 16.7 Å². The van der Waals surface area contributed by atoms with E-state index in [1.807, 2.05) is 6.92 Å². The summed E-state index contributed by atoms with van der Waals surface area (Å²) in [6.45, 7) is 3.19. The number of nitrogens with zero attached hydrogens (tertiary/aromatic N) is 1. The molecule has 1 N–H and O–H groups in total. The van der Waals surface area contributed by atoms with Crippen molar-refractivity contribution in [3.8, 4) is 5.75 Å². The fourth-order valence-corrected chi connectivity index (χ4v) is 2.90. The molecule has 1 saturated heterocycles. The van der Waals surface area contributed by atoms with Gasteiger partial charge in [-0.1, -0.05) is 24.6 Å². The summed E-state index contributed by atoms with van der Waals surface area (Å²) in [5.74, 6) is -1.26. The molecular formula is C16H16ClNO5S. The number of phenols is 1. The lowest BCUT2D eigenvalue weighted by molar-refractivity contribution is -0.150. The minimum Gasteiger partial charge on any atom is -0.506 e. The molecule has 0 saturated carbocycles. The van der Waals surface area contributed by atoms with Gasteiger partial charge >= 0.3 is 5.97 Å². The van der Waals surface area contributed by atoms with Crippen molar-refractivity contribution < 1.29 is 24.2 Å². The largest absolute Gasteiger partial charge is 0.506 e. The summed E-state index contributed by atoms with van der Waals surface area (Å²) in [6.07, 6.45) is 1.86. The van der Waals surface area contributed by atoms with Crippen molar-refractivity contribution in [3.63, 3.8) is 0 Å². The smallest absolute Gasteiger partial charge is 0.326 e. The number of rotatable bonds is 5. The van der Waals surface area contributed by atoms with Crippen LogP contribution in [0.4, 0.5) is 4.79 Å². The van der Waals surface area contributed by atoms with Crippen LogP contribution in [0.2, 0.25) is 5.02 Å². The molecule has 1 fully saturated rings. The van der Waals surface area contributed by atoms with Gasteiger partial charge < -0.3 is 9.84 Å². The zero-order valence-electron chi connectivity index (χ0n) is 13.1. The first-order valence-corrected chi connectivity index (χ1v) is 8.44. The number of hydrogen-bond donors (Lipinski definition) is 1. The van der Waals surface area contributed by atoms with Crippen LogP contribution >= 0.6 is 23.4 Å². The van der Waals surface area contributed by atoms with E-state index in [1.54, 1.807) is 13.0 Å². The number of benzene rings is 1. The molecule has 1 aliphatic rings. The topological polar surface area (TPSA) is 83.9 Å². The maximum absolute atomic E-state index is 12.3. The number of imide groups is 1. The molecule has 1 atom stereocenters. The predicted octanol–water partition coefficient (Wildman–Crippen LogP) is 3.42. The van der Waals surface area contributed by atoms with Gasteiger partial charge in [-0.3, -0.25) is 19.3 Å². The highest BCUT2D eigenvalue weighted by Gasteiger charge is 2.36. The van der Waals surface area contributed by atoms with Gasteiger partial charge in [0.05, 0.1) is 16.0 Å². The summed E-state index contributed by atoms with van der Waals surface area (Å²) in [4.78, 5) is 37.0. The molecule has 0 radical (unpaired) electrons. The number of amides is 2. The second-order valence-electron chi connectivity index (χ2n) is 5.19. The third kappa shape index (κ3) is 4.30. The van der Waals surface area contributed by atoms with Gasteiger partial charge in [0, 0.05) is 0 Å². The molecular weight excluding hydrogens is 354 g/mol. The zero-order valence-corrected chi connectivity index (χ0v) is 14.7. The third-order valence-electron chi connectivity index (χ3n) is 3.34. The van der Waals surface area contributed by atoms with Crippen molar-refractivity contribution in [2.75, 3.05) is 6.54 Å². The van der Waals surface area contributed by atoms with Gasteiger partial charge in [0.2, 0.25) is 0 Å². The average molecular weight is 370 g/mol. The highest BCUT2D eigenvalue weighted by Crippen LogP contribution is 2.33. The molecule has 0 bridgehead atoms. The van der Waals surface area contributed by atoms with Crippen molar-refractivity contribution >= 4 is 46.6 Å². The Morgan fingerprint density at radius 1 is 1.46 bits per heavy atom. The maximum Gasteiger partial charge on any atom is 0.326 e. The van der Waals surface area contributed by atoms with Crippen LogP contribution in [0.15, 0.2) is 23.1 Å². The molecule has 1 aromatic carbocycles. The standard InChI is InChI=1S/C16H16ClNO5S/c1-3-9(2)23-14(20)8-18-15(21)13(24-16(18)22)7-10-4-5-12(19)11(17)6-10/h4-7,9,19H,3,8H2,1-2H3/b13-7+/t9-/m0/s1. The summed E-state index contributed by atoms with van der Waals surface area (Å²) in [5, 5.41) is 9.00. The maximum atomic E-state index is 12.3.